The summed E-state index contributed by atoms with van der Waals surface area (Å²) in [5.41, 5.74) is 0.412. The molecule has 0 aromatic heterocycles. The Morgan fingerprint density at radius 2 is 1.86 bits per heavy atom. The van der Waals surface area contributed by atoms with Crippen LogP contribution in [0.2, 0.25) is 0 Å². The van der Waals surface area contributed by atoms with Gasteiger partial charge in [0.05, 0.1) is 25.4 Å². The van der Waals surface area contributed by atoms with Crippen LogP contribution in [0.4, 0.5) is 4.79 Å². The Morgan fingerprint density at radius 3 is 2.43 bits per heavy atom. The van der Waals surface area contributed by atoms with Crippen LogP contribution in [0.1, 0.15) is 32.6 Å². The molecule has 154 valence electrons. The summed E-state index contributed by atoms with van der Waals surface area (Å²) in [5.74, 6) is 1.87. The van der Waals surface area contributed by atoms with E-state index in [4.69, 9.17) is 9.47 Å². The van der Waals surface area contributed by atoms with Crippen LogP contribution in [0.5, 0.6) is 0 Å². The van der Waals surface area contributed by atoms with Crippen LogP contribution in [0, 0.1) is 23.2 Å². The summed E-state index contributed by atoms with van der Waals surface area (Å²) >= 11 is 0. The summed E-state index contributed by atoms with van der Waals surface area (Å²) in [7, 11) is 0. The smallest absolute Gasteiger partial charge is 0.409 e. The number of carbonyl (C=O) groups is 2. The summed E-state index contributed by atoms with van der Waals surface area (Å²) in [4.78, 5) is 31.6. The predicted octanol–water partition coefficient (Wildman–Crippen LogP) is 1.18. The number of hydrogen-bond donors (Lipinski definition) is 0. The van der Waals surface area contributed by atoms with Crippen molar-refractivity contribution in [1.82, 2.24) is 14.7 Å². The molecule has 6 fully saturated rings. The summed E-state index contributed by atoms with van der Waals surface area (Å²) < 4.78 is 10.5. The van der Waals surface area contributed by atoms with Gasteiger partial charge in [0.2, 0.25) is 5.91 Å². The molecule has 2 aliphatic carbocycles. The van der Waals surface area contributed by atoms with E-state index < -0.39 is 0 Å². The van der Waals surface area contributed by atoms with Crippen LogP contribution in [0.25, 0.3) is 0 Å². The lowest BCUT2D eigenvalue weighted by Gasteiger charge is -2.57. The number of hydrogen-bond acceptors (Lipinski definition) is 5. The van der Waals surface area contributed by atoms with Crippen molar-refractivity contribution in [3.05, 3.63) is 0 Å². The van der Waals surface area contributed by atoms with Crippen molar-refractivity contribution in [3.63, 3.8) is 0 Å². The molecule has 0 unspecified atom stereocenters. The third-order valence-corrected chi connectivity index (χ3v) is 8.71. The second kappa shape index (κ2) is 5.85. The summed E-state index contributed by atoms with van der Waals surface area (Å²) in [6.07, 6.45) is 4.50. The first-order valence-corrected chi connectivity index (χ1v) is 11.1. The van der Waals surface area contributed by atoms with Crippen molar-refractivity contribution in [2.45, 2.75) is 44.2 Å². The zero-order chi connectivity index (χ0) is 19.1. The normalized spacial score (nSPS) is 42.8. The number of amides is 2. The number of piperidine rings is 1. The Labute approximate surface area is 166 Å². The number of rotatable bonds is 3. The van der Waals surface area contributed by atoms with Crippen LogP contribution in [-0.2, 0) is 14.3 Å². The number of carbonyl (C=O) groups excluding carboxylic acids is 2. The van der Waals surface area contributed by atoms with Crippen molar-refractivity contribution in [1.29, 1.82) is 0 Å². The Hall–Kier alpha value is -1.34. The van der Waals surface area contributed by atoms with Gasteiger partial charge in [-0.1, -0.05) is 0 Å². The van der Waals surface area contributed by atoms with Crippen molar-refractivity contribution < 1.29 is 19.1 Å². The average Bonchev–Trinajstić information content (AvgIpc) is 2.95. The minimum Gasteiger partial charge on any atom is -0.450 e. The molecule has 0 radical (unpaired) electrons. The first kappa shape index (κ1) is 17.5. The summed E-state index contributed by atoms with van der Waals surface area (Å²) in [6.45, 7) is 8.65. The van der Waals surface area contributed by atoms with Crippen LogP contribution >= 0.6 is 0 Å². The fraction of sp³-hybridized carbons (Fsp3) is 0.905. The van der Waals surface area contributed by atoms with Gasteiger partial charge in [-0.25, -0.2) is 4.79 Å². The number of ether oxygens (including phenoxy) is 2. The number of nitrogens with zero attached hydrogens (tertiary/aromatic N) is 3. The lowest BCUT2D eigenvalue weighted by molar-refractivity contribution is -0.201. The molecule has 3 atom stereocenters. The maximum atomic E-state index is 12.9. The van der Waals surface area contributed by atoms with E-state index >= 15 is 0 Å². The molecule has 0 aromatic rings. The van der Waals surface area contributed by atoms with E-state index in [1.165, 1.54) is 12.8 Å². The maximum Gasteiger partial charge on any atom is 0.409 e. The number of fused-ring (bicyclic) bond motifs is 1. The molecule has 28 heavy (non-hydrogen) atoms. The minimum absolute atomic E-state index is 0.0846. The SMILES string of the molecule is CCOC(=O)N1CCC2(CC(N3C[C@@H]4[C@H](C3)[C@@H]4C(=O)N3CCC34COC4)C2)C1. The molecule has 4 saturated heterocycles. The Balaban J connectivity index is 0.987. The van der Waals surface area contributed by atoms with E-state index in [9.17, 15) is 9.59 Å². The summed E-state index contributed by atoms with van der Waals surface area (Å²) in [5, 5.41) is 0. The van der Waals surface area contributed by atoms with Gasteiger partial charge in [0, 0.05) is 44.7 Å². The molecule has 7 heteroatoms. The second-order valence-corrected chi connectivity index (χ2v) is 10.2. The van der Waals surface area contributed by atoms with Gasteiger partial charge in [0.15, 0.2) is 0 Å². The Morgan fingerprint density at radius 1 is 1.11 bits per heavy atom. The molecular formula is C21H31N3O4. The summed E-state index contributed by atoms with van der Waals surface area (Å²) in [6, 6.07) is 0.654. The lowest BCUT2D eigenvalue weighted by atomic mass is 9.64. The van der Waals surface area contributed by atoms with Gasteiger partial charge in [-0.05, 0) is 49.9 Å². The van der Waals surface area contributed by atoms with Gasteiger partial charge < -0.3 is 19.3 Å². The zero-order valence-electron chi connectivity index (χ0n) is 16.8. The molecular weight excluding hydrogens is 358 g/mol. The highest BCUT2D eigenvalue weighted by Gasteiger charge is 2.65. The molecule has 0 bridgehead atoms. The van der Waals surface area contributed by atoms with E-state index in [0.717, 1.165) is 58.8 Å². The maximum absolute atomic E-state index is 12.9. The van der Waals surface area contributed by atoms with Crippen molar-refractivity contribution >= 4 is 12.0 Å². The molecule has 4 aliphatic heterocycles. The second-order valence-electron chi connectivity index (χ2n) is 10.2. The van der Waals surface area contributed by atoms with E-state index in [1.807, 2.05) is 11.8 Å². The molecule has 6 rings (SSSR count). The van der Waals surface area contributed by atoms with Gasteiger partial charge in [0.1, 0.15) is 0 Å². The van der Waals surface area contributed by atoms with E-state index in [2.05, 4.69) is 9.80 Å². The molecule has 2 spiro atoms. The van der Waals surface area contributed by atoms with Gasteiger partial charge in [-0.2, -0.15) is 0 Å². The third kappa shape index (κ3) is 2.35. The van der Waals surface area contributed by atoms with Gasteiger partial charge in [-0.15, -0.1) is 0 Å². The zero-order valence-corrected chi connectivity index (χ0v) is 16.8. The van der Waals surface area contributed by atoms with Crippen molar-refractivity contribution in [3.8, 4) is 0 Å². The minimum atomic E-state index is -0.146. The van der Waals surface area contributed by atoms with Crippen molar-refractivity contribution in [2.75, 3.05) is 52.5 Å². The van der Waals surface area contributed by atoms with Crippen LogP contribution in [0.3, 0.4) is 0 Å². The fourth-order valence-electron chi connectivity index (χ4n) is 6.76. The van der Waals surface area contributed by atoms with Crippen LogP contribution < -0.4 is 0 Å². The Bertz CT molecular complexity index is 684. The van der Waals surface area contributed by atoms with Gasteiger partial charge >= 0.3 is 6.09 Å². The molecule has 7 nitrogen and oxygen atoms in total. The van der Waals surface area contributed by atoms with E-state index in [1.54, 1.807) is 0 Å². The fourth-order valence-corrected chi connectivity index (χ4v) is 6.76. The van der Waals surface area contributed by atoms with Crippen molar-refractivity contribution in [2.24, 2.45) is 23.2 Å². The lowest BCUT2D eigenvalue weighted by Crippen LogP contribution is -2.72. The molecule has 6 aliphatic rings. The number of likely N-dealkylation sites (tertiary alicyclic amines) is 3. The van der Waals surface area contributed by atoms with Crippen LogP contribution in [-0.4, -0.2) is 90.8 Å². The highest BCUT2D eigenvalue weighted by Crippen LogP contribution is 2.58. The quantitative estimate of drug-likeness (QED) is 0.725. The predicted molar refractivity (Wildman–Crippen MR) is 101 cm³/mol. The average molecular weight is 389 g/mol. The van der Waals surface area contributed by atoms with Gasteiger partial charge in [0.25, 0.3) is 0 Å². The molecule has 2 saturated carbocycles. The highest BCUT2D eigenvalue weighted by atomic mass is 16.6. The topological polar surface area (TPSA) is 62.3 Å². The molecule has 0 aromatic carbocycles. The molecule has 4 heterocycles. The van der Waals surface area contributed by atoms with E-state index in [0.29, 0.717) is 35.8 Å². The largest absolute Gasteiger partial charge is 0.450 e. The highest BCUT2D eigenvalue weighted by molar-refractivity contribution is 5.84. The standard InChI is InChI=1S/C21H31N3O4/c1-2-28-19(26)22-5-3-20(11-22)7-14(8-20)23-9-15-16(10-23)17(15)18(25)24-6-4-21(24)12-27-13-21/h14-17H,2-13H2,1H3/t14?,15-,16+,17-,20?. The molecule has 2 amide bonds. The third-order valence-electron chi connectivity index (χ3n) is 8.71. The van der Waals surface area contributed by atoms with E-state index in [-0.39, 0.29) is 17.6 Å². The molecule has 0 N–H and O–H groups in total. The first-order chi connectivity index (χ1) is 13.5. The monoisotopic (exact) mass is 389 g/mol. The van der Waals surface area contributed by atoms with Crippen LogP contribution in [0.15, 0.2) is 0 Å². The Kier molecular flexibility index (Phi) is 3.66. The first-order valence-electron chi connectivity index (χ1n) is 11.1. The van der Waals surface area contributed by atoms with Gasteiger partial charge in [-0.3, -0.25) is 9.69 Å².